The molecular weight excluding hydrogens is 329 g/mol. The van der Waals surface area contributed by atoms with Crippen molar-refractivity contribution in [2.24, 2.45) is 5.73 Å². The van der Waals surface area contributed by atoms with E-state index in [1.807, 2.05) is 25.1 Å². The summed E-state index contributed by atoms with van der Waals surface area (Å²) in [4.78, 5) is 0. The maximum Gasteiger partial charge on any atom is 0.142 e. The van der Waals surface area contributed by atoms with Crippen molar-refractivity contribution in [3.05, 3.63) is 68.4 Å². The van der Waals surface area contributed by atoms with Gasteiger partial charge >= 0.3 is 0 Å². The van der Waals surface area contributed by atoms with E-state index < -0.39 is 6.04 Å². The van der Waals surface area contributed by atoms with E-state index in [-0.39, 0.29) is 5.82 Å². The summed E-state index contributed by atoms with van der Waals surface area (Å²) in [6, 6.07) is 10.5. The number of benzene rings is 2. The molecule has 100 valence electrons. The smallest absolute Gasteiger partial charge is 0.142 e. The van der Waals surface area contributed by atoms with Gasteiger partial charge in [-0.05, 0) is 52.5 Å². The minimum Gasteiger partial charge on any atom is -0.324 e. The Hall–Kier alpha value is -0.900. The van der Waals surface area contributed by atoms with Crippen LogP contribution in [-0.2, 0) is 6.42 Å². The number of rotatable bonds is 3. The minimum absolute atomic E-state index is 0.307. The van der Waals surface area contributed by atoms with Gasteiger partial charge in [0.25, 0.3) is 0 Å². The lowest BCUT2D eigenvalue weighted by Crippen LogP contribution is -2.15. The Morgan fingerprint density at radius 2 is 2.05 bits per heavy atom. The van der Waals surface area contributed by atoms with Gasteiger partial charge in [-0.3, -0.25) is 0 Å². The Kier molecular flexibility index (Phi) is 4.61. The summed E-state index contributed by atoms with van der Waals surface area (Å²) < 4.78 is 14.4. The molecule has 0 bridgehead atoms. The predicted molar refractivity (Wildman–Crippen MR) is 80.9 cm³/mol. The number of halogens is 3. The molecule has 0 saturated heterocycles. The van der Waals surface area contributed by atoms with Gasteiger partial charge < -0.3 is 5.73 Å². The Balaban J connectivity index is 2.25. The molecule has 1 unspecified atom stereocenters. The van der Waals surface area contributed by atoms with Crippen LogP contribution < -0.4 is 5.73 Å². The summed E-state index contributed by atoms with van der Waals surface area (Å²) in [5, 5.41) is 0.672. The predicted octanol–water partition coefficient (Wildman–Crippen LogP) is 4.79. The average Bonchev–Trinajstić information content (AvgIpc) is 2.36. The Morgan fingerprint density at radius 3 is 2.74 bits per heavy atom. The molecule has 0 aliphatic carbocycles. The maximum absolute atomic E-state index is 14.0. The van der Waals surface area contributed by atoms with Gasteiger partial charge in [0, 0.05) is 16.6 Å². The van der Waals surface area contributed by atoms with Crippen molar-refractivity contribution >= 4 is 27.5 Å². The van der Waals surface area contributed by atoms with E-state index >= 15 is 0 Å². The largest absolute Gasteiger partial charge is 0.324 e. The topological polar surface area (TPSA) is 26.0 Å². The molecule has 0 radical (unpaired) electrons. The molecule has 4 heteroatoms. The van der Waals surface area contributed by atoms with Crippen LogP contribution in [0.2, 0.25) is 5.02 Å². The number of aryl methyl sites for hydroxylation is 1. The molecule has 0 amide bonds. The Labute approximate surface area is 125 Å². The zero-order chi connectivity index (χ0) is 14.0. The van der Waals surface area contributed by atoms with E-state index in [0.29, 0.717) is 21.5 Å². The summed E-state index contributed by atoms with van der Waals surface area (Å²) >= 11 is 9.34. The molecule has 0 aromatic heterocycles. The van der Waals surface area contributed by atoms with Gasteiger partial charge in [-0.1, -0.05) is 35.9 Å². The highest BCUT2D eigenvalue weighted by Crippen LogP contribution is 2.27. The molecule has 1 nitrogen and oxygen atoms in total. The molecule has 19 heavy (non-hydrogen) atoms. The molecule has 0 saturated carbocycles. The molecule has 2 aromatic carbocycles. The van der Waals surface area contributed by atoms with E-state index in [1.165, 1.54) is 0 Å². The third kappa shape index (κ3) is 3.35. The van der Waals surface area contributed by atoms with Crippen molar-refractivity contribution in [1.82, 2.24) is 0 Å². The van der Waals surface area contributed by atoms with Crippen molar-refractivity contribution in [3.8, 4) is 0 Å². The maximum atomic E-state index is 14.0. The first-order chi connectivity index (χ1) is 8.99. The normalized spacial score (nSPS) is 12.5. The third-order valence-electron chi connectivity index (χ3n) is 3.03. The van der Waals surface area contributed by atoms with Crippen LogP contribution in [0.3, 0.4) is 0 Å². The van der Waals surface area contributed by atoms with Crippen molar-refractivity contribution in [2.75, 3.05) is 0 Å². The van der Waals surface area contributed by atoms with Crippen molar-refractivity contribution in [2.45, 2.75) is 19.4 Å². The Bertz CT molecular complexity index is 601. The highest BCUT2D eigenvalue weighted by molar-refractivity contribution is 9.10. The molecule has 2 rings (SSSR count). The van der Waals surface area contributed by atoms with Crippen LogP contribution in [0.1, 0.15) is 22.7 Å². The molecule has 0 heterocycles. The van der Waals surface area contributed by atoms with Gasteiger partial charge in [-0.2, -0.15) is 0 Å². The van der Waals surface area contributed by atoms with Gasteiger partial charge in [0.05, 0.1) is 4.47 Å². The Morgan fingerprint density at radius 1 is 1.32 bits per heavy atom. The highest BCUT2D eigenvalue weighted by atomic mass is 79.9. The average molecular weight is 343 g/mol. The molecule has 0 spiro atoms. The van der Waals surface area contributed by atoms with Crippen molar-refractivity contribution in [3.63, 3.8) is 0 Å². The zero-order valence-electron chi connectivity index (χ0n) is 10.5. The summed E-state index contributed by atoms with van der Waals surface area (Å²) in [7, 11) is 0. The molecule has 0 fully saturated rings. The van der Waals surface area contributed by atoms with Gasteiger partial charge in [-0.25, -0.2) is 4.39 Å². The summed E-state index contributed by atoms with van der Waals surface area (Å²) in [6.07, 6.45) is 0.506. The van der Waals surface area contributed by atoms with Crippen LogP contribution in [0.5, 0.6) is 0 Å². The van der Waals surface area contributed by atoms with Crippen LogP contribution in [0.4, 0.5) is 4.39 Å². The molecule has 2 aromatic rings. The number of hydrogen-bond donors (Lipinski definition) is 1. The monoisotopic (exact) mass is 341 g/mol. The van der Waals surface area contributed by atoms with Crippen LogP contribution in [0.15, 0.2) is 40.9 Å². The summed E-state index contributed by atoms with van der Waals surface area (Å²) in [6.45, 7) is 1.98. The fraction of sp³-hybridized carbons (Fsp3) is 0.200. The SMILES string of the molecule is Cc1ccc(CC(N)c2cccc(Br)c2F)c(Cl)c1. The molecular formula is C15H14BrClFN. The van der Waals surface area contributed by atoms with E-state index in [1.54, 1.807) is 18.2 Å². The zero-order valence-corrected chi connectivity index (χ0v) is 12.8. The van der Waals surface area contributed by atoms with E-state index in [2.05, 4.69) is 15.9 Å². The van der Waals surface area contributed by atoms with Gasteiger partial charge in [-0.15, -0.1) is 0 Å². The first-order valence-corrected chi connectivity index (χ1v) is 7.10. The molecule has 0 aliphatic rings. The molecule has 0 aliphatic heterocycles. The standard InChI is InChI=1S/C15H14BrClFN/c1-9-5-6-10(13(17)7-9)8-14(19)11-3-2-4-12(16)15(11)18/h2-7,14H,8,19H2,1H3. The van der Waals surface area contributed by atoms with Crippen LogP contribution >= 0.6 is 27.5 Å². The lowest BCUT2D eigenvalue weighted by atomic mass is 9.98. The fourth-order valence-electron chi connectivity index (χ4n) is 1.97. The molecule has 2 N–H and O–H groups in total. The summed E-state index contributed by atoms with van der Waals surface area (Å²) in [5.41, 5.74) is 8.60. The van der Waals surface area contributed by atoms with E-state index in [0.717, 1.165) is 11.1 Å². The van der Waals surface area contributed by atoms with Crippen molar-refractivity contribution < 1.29 is 4.39 Å². The van der Waals surface area contributed by atoms with Crippen molar-refractivity contribution in [1.29, 1.82) is 0 Å². The van der Waals surface area contributed by atoms with Gasteiger partial charge in [0.1, 0.15) is 5.82 Å². The summed E-state index contributed by atoms with van der Waals surface area (Å²) in [5.74, 6) is -0.307. The van der Waals surface area contributed by atoms with E-state index in [9.17, 15) is 4.39 Å². The first-order valence-electron chi connectivity index (χ1n) is 5.93. The van der Waals surface area contributed by atoms with Crippen LogP contribution in [0.25, 0.3) is 0 Å². The lowest BCUT2D eigenvalue weighted by Gasteiger charge is -2.15. The highest BCUT2D eigenvalue weighted by Gasteiger charge is 2.15. The first kappa shape index (κ1) is 14.5. The third-order valence-corrected chi connectivity index (χ3v) is 3.99. The lowest BCUT2D eigenvalue weighted by molar-refractivity contribution is 0.575. The minimum atomic E-state index is -0.419. The second-order valence-corrected chi connectivity index (χ2v) is 5.81. The van der Waals surface area contributed by atoms with Gasteiger partial charge in [0.15, 0.2) is 0 Å². The van der Waals surface area contributed by atoms with Crippen LogP contribution in [-0.4, -0.2) is 0 Å². The number of hydrogen-bond acceptors (Lipinski definition) is 1. The second-order valence-electron chi connectivity index (χ2n) is 4.55. The molecule has 1 atom stereocenters. The fourth-order valence-corrected chi connectivity index (χ4v) is 2.67. The second kappa shape index (κ2) is 6.04. The van der Waals surface area contributed by atoms with Crippen LogP contribution in [0, 0.1) is 12.7 Å². The van der Waals surface area contributed by atoms with E-state index in [4.69, 9.17) is 17.3 Å². The quantitative estimate of drug-likeness (QED) is 0.852. The van der Waals surface area contributed by atoms with Gasteiger partial charge in [0.2, 0.25) is 0 Å². The number of nitrogens with two attached hydrogens (primary N) is 1.